The zero-order valence-electron chi connectivity index (χ0n) is 21.3. The molecule has 2 aromatic rings. The second-order valence-corrected chi connectivity index (χ2v) is 11.9. The van der Waals surface area contributed by atoms with E-state index in [4.69, 9.17) is 16.3 Å². The van der Waals surface area contributed by atoms with Gasteiger partial charge in [-0.15, -0.1) is 0 Å². The molecule has 2 heterocycles. The number of aryl methyl sites for hydroxylation is 1. The van der Waals surface area contributed by atoms with E-state index in [9.17, 15) is 9.00 Å². The summed E-state index contributed by atoms with van der Waals surface area (Å²) in [6.45, 7) is 6.71. The van der Waals surface area contributed by atoms with E-state index in [1.165, 1.54) is 11.1 Å². The minimum atomic E-state index is -1.92. The van der Waals surface area contributed by atoms with Crippen LogP contribution in [0.3, 0.4) is 0 Å². The summed E-state index contributed by atoms with van der Waals surface area (Å²) in [6.07, 6.45) is 9.93. The topological polar surface area (TPSA) is 59.0 Å². The molecule has 2 aromatic carbocycles. The highest BCUT2D eigenvalue weighted by Crippen LogP contribution is 2.35. The quantitative estimate of drug-likeness (QED) is 0.299. The van der Waals surface area contributed by atoms with Gasteiger partial charge in [0.1, 0.15) is 5.75 Å². The van der Waals surface area contributed by atoms with E-state index in [0.717, 1.165) is 61.5 Å². The average molecular weight is 529 g/mol. The molecule has 0 saturated carbocycles. The Labute approximate surface area is 222 Å². The van der Waals surface area contributed by atoms with E-state index < -0.39 is 16.5 Å². The lowest BCUT2D eigenvalue weighted by molar-refractivity contribution is 0.100. The van der Waals surface area contributed by atoms with E-state index in [1.807, 2.05) is 18.2 Å². The fourth-order valence-electron chi connectivity index (χ4n) is 4.80. The second kappa shape index (κ2) is 12.8. The molecule has 36 heavy (non-hydrogen) atoms. The number of carbonyl (C=O) groups is 1. The highest BCUT2D eigenvalue weighted by Gasteiger charge is 2.22. The van der Waals surface area contributed by atoms with Crippen molar-refractivity contribution < 1.29 is 13.7 Å². The fraction of sp³-hybridized carbons (Fsp3) is 0.483. The van der Waals surface area contributed by atoms with Crippen LogP contribution in [0.4, 0.5) is 5.69 Å². The van der Waals surface area contributed by atoms with Crippen molar-refractivity contribution in [2.45, 2.75) is 58.9 Å². The minimum Gasteiger partial charge on any atom is -0.491 e. The van der Waals surface area contributed by atoms with Crippen LogP contribution in [0.5, 0.6) is 5.75 Å². The van der Waals surface area contributed by atoms with Gasteiger partial charge in [-0.05, 0) is 91.8 Å². The third kappa shape index (κ3) is 7.13. The van der Waals surface area contributed by atoms with Gasteiger partial charge in [0, 0.05) is 40.0 Å². The van der Waals surface area contributed by atoms with Crippen LogP contribution in [-0.4, -0.2) is 29.0 Å². The van der Waals surface area contributed by atoms with Crippen molar-refractivity contribution in [2.24, 2.45) is 16.2 Å². The Morgan fingerprint density at radius 1 is 1.03 bits per heavy atom. The largest absolute Gasteiger partial charge is 0.491 e. The van der Waals surface area contributed by atoms with Crippen LogP contribution in [0.2, 0.25) is 5.02 Å². The number of allylic oxidation sites excluding steroid dienone is 2. The SMILES string of the molecule is C[C@H]1C/C=C/CCC/[SH](=O)=N\C(=O)c2ccc3c(c2)N(Cc2ccc(Cl)cc2CCCCO3)C[C@@H]1C. The predicted molar refractivity (Wildman–Crippen MR) is 150 cm³/mol. The van der Waals surface area contributed by atoms with Crippen molar-refractivity contribution in [1.29, 1.82) is 0 Å². The monoisotopic (exact) mass is 528 g/mol. The molecule has 194 valence electrons. The van der Waals surface area contributed by atoms with Crippen molar-refractivity contribution in [3.63, 3.8) is 0 Å². The first kappa shape index (κ1) is 26.7. The molecule has 1 amide bonds. The van der Waals surface area contributed by atoms with Gasteiger partial charge in [-0.25, -0.2) is 0 Å². The van der Waals surface area contributed by atoms with Gasteiger partial charge in [-0.1, -0.05) is 43.7 Å². The van der Waals surface area contributed by atoms with E-state index >= 15 is 0 Å². The van der Waals surface area contributed by atoms with Gasteiger partial charge in [-0.3, -0.25) is 9.00 Å². The third-order valence-corrected chi connectivity index (χ3v) is 8.59. The van der Waals surface area contributed by atoms with Crippen LogP contribution in [-0.2, 0) is 23.6 Å². The Kier molecular flexibility index (Phi) is 9.49. The van der Waals surface area contributed by atoms with Crippen molar-refractivity contribution >= 4 is 33.8 Å². The molecule has 2 aliphatic heterocycles. The van der Waals surface area contributed by atoms with Gasteiger partial charge in [0.15, 0.2) is 0 Å². The second-order valence-electron chi connectivity index (χ2n) is 10.1. The first-order valence-electron chi connectivity index (χ1n) is 13.1. The molecule has 5 nitrogen and oxygen atoms in total. The molecular weight excluding hydrogens is 492 g/mol. The smallest absolute Gasteiger partial charge is 0.284 e. The summed E-state index contributed by atoms with van der Waals surface area (Å²) in [5.74, 6) is 1.67. The van der Waals surface area contributed by atoms with Gasteiger partial charge in [0.05, 0.1) is 12.3 Å². The summed E-state index contributed by atoms with van der Waals surface area (Å²) in [4.78, 5) is 15.3. The molecule has 2 bridgehead atoms. The number of thiol groups is 1. The van der Waals surface area contributed by atoms with Crippen molar-refractivity contribution in [3.8, 4) is 5.75 Å². The number of nitrogens with zero attached hydrogens (tertiary/aromatic N) is 2. The van der Waals surface area contributed by atoms with Crippen LogP contribution >= 0.6 is 11.6 Å². The van der Waals surface area contributed by atoms with Crippen LogP contribution < -0.4 is 9.64 Å². The normalized spacial score (nSPS) is 25.5. The molecule has 0 spiro atoms. The van der Waals surface area contributed by atoms with E-state index in [2.05, 4.69) is 47.4 Å². The van der Waals surface area contributed by atoms with E-state index in [1.54, 1.807) is 6.07 Å². The number of fused-ring (bicyclic) bond motifs is 2. The van der Waals surface area contributed by atoms with Gasteiger partial charge in [0.2, 0.25) is 0 Å². The molecule has 4 rings (SSSR count). The molecule has 0 aromatic heterocycles. The first-order chi connectivity index (χ1) is 17.4. The van der Waals surface area contributed by atoms with Crippen molar-refractivity contribution in [1.82, 2.24) is 0 Å². The van der Waals surface area contributed by atoms with Crippen molar-refractivity contribution in [2.75, 3.05) is 23.8 Å². The van der Waals surface area contributed by atoms with Crippen LogP contribution in [0.15, 0.2) is 52.9 Å². The Bertz CT molecular complexity index is 1190. The number of hydrogen-bond donors (Lipinski definition) is 1. The predicted octanol–water partition coefficient (Wildman–Crippen LogP) is 6.88. The van der Waals surface area contributed by atoms with Gasteiger partial charge < -0.3 is 9.64 Å². The summed E-state index contributed by atoms with van der Waals surface area (Å²) < 4.78 is 22.7. The molecule has 3 atom stereocenters. The molecule has 0 radical (unpaired) electrons. The minimum absolute atomic E-state index is 0.412. The molecule has 1 unspecified atom stereocenters. The number of anilines is 1. The molecule has 0 fully saturated rings. The number of halogens is 1. The highest BCUT2D eigenvalue weighted by atomic mass is 35.5. The summed E-state index contributed by atoms with van der Waals surface area (Å²) >= 11 is 6.37. The maximum Gasteiger partial charge on any atom is 0.284 e. The Morgan fingerprint density at radius 3 is 2.75 bits per heavy atom. The number of hydrogen-bond acceptors (Lipinski definition) is 4. The van der Waals surface area contributed by atoms with Crippen LogP contribution in [0.25, 0.3) is 0 Å². The zero-order valence-corrected chi connectivity index (χ0v) is 22.9. The molecule has 2 aliphatic rings. The zero-order chi connectivity index (χ0) is 25.5. The standard InChI is InChI=1S/C29H37ClN2O3S/c1-21-9-5-3-4-8-16-36(34)31-29(33)24-12-14-28-27(18-24)32(19-22(21)2)20-25-11-13-26(30)17-23(25)10-6-7-15-35-28/h3,5,11-14,17-18,21-22,36H,4,6-10,15-16,19-20H2,1-2H3/b5-3+/t21-,22-/m0/s1. The Hall–Kier alpha value is -2.31. The molecular formula is C29H37ClN2O3S. The maximum absolute atomic E-state index is 13.0. The Balaban J connectivity index is 1.81. The van der Waals surface area contributed by atoms with Crippen LogP contribution in [0.1, 0.15) is 67.4 Å². The van der Waals surface area contributed by atoms with E-state index in [-0.39, 0.29) is 0 Å². The summed E-state index contributed by atoms with van der Waals surface area (Å²) in [5, 5.41) is 0.755. The number of rotatable bonds is 0. The number of benzene rings is 2. The van der Waals surface area contributed by atoms with Gasteiger partial charge >= 0.3 is 0 Å². The summed E-state index contributed by atoms with van der Waals surface area (Å²) in [6, 6.07) is 11.7. The lowest BCUT2D eigenvalue weighted by Gasteiger charge is -2.32. The summed E-state index contributed by atoms with van der Waals surface area (Å²) in [7, 11) is -1.92. The average Bonchev–Trinajstić information content (AvgIpc) is 2.88. The summed E-state index contributed by atoms with van der Waals surface area (Å²) in [5.41, 5.74) is 3.84. The molecule has 0 N–H and O–H groups in total. The lowest BCUT2D eigenvalue weighted by atomic mass is 9.91. The van der Waals surface area contributed by atoms with Crippen LogP contribution in [0, 0.1) is 11.8 Å². The highest BCUT2D eigenvalue weighted by molar-refractivity contribution is 7.75. The van der Waals surface area contributed by atoms with Crippen molar-refractivity contribution in [3.05, 3.63) is 70.3 Å². The van der Waals surface area contributed by atoms with Gasteiger partial charge in [0.25, 0.3) is 5.91 Å². The van der Waals surface area contributed by atoms with Gasteiger partial charge in [-0.2, -0.15) is 4.36 Å². The third-order valence-electron chi connectivity index (χ3n) is 7.25. The fourth-order valence-corrected chi connectivity index (χ4v) is 5.86. The molecule has 0 aliphatic carbocycles. The molecule has 0 saturated heterocycles. The molecule has 7 heteroatoms. The number of ether oxygens (including phenoxy) is 1. The number of carbonyl (C=O) groups excluding carboxylic acids is 1. The first-order valence-corrected chi connectivity index (χ1v) is 14.8. The Morgan fingerprint density at radius 2 is 1.89 bits per heavy atom. The number of amides is 1. The lowest BCUT2D eigenvalue weighted by Crippen LogP contribution is -2.31. The maximum atomic E-state index is 13.0. The van der Waals surface area contributed by atoms with E-state index in [0.29, 0.717) is 36.3 Å².